The molecule has 26 heavy (non-hydrogen) atoms. The molecule has 2 aromatic rings. The summed E-state index contributed by atoms with van der Waals surface area (Å²) in [6.07, 6.45) is -1.01. The van der Waals surface area contributed by atoms with E-state index in [0.717, 1.165) is 24.3 Å². The van der Waals surface area contributed by atoms with Crippen molar-refractivity contribution in [3.8, 4) is 0 Å². The number of rotatable bonds is 3. The van der Waals surface area contributed by atoms with Gasteiger partial charge in [0.05, 0.1) is 12.1 Å². The summed E-state index contributed by atoms with van der Waals surface area (Å²) in [7, 11) is 0. The quantitative estimate of drug-likeness (QED) is 0.243. The minimum atomic E-state index is -1.53. The Bertz CT molecular complexity index is 791. The number of aliphatic hydroxyl groups excluding tert-OH is 1. The summed E-state index contributed by atoms with van der Waals surface area (Å²) in [4.78, 5) is 2.48. The predicted octanol–water partition coefficient (Wildman–Crippen LogP) is 5.63. The Kier molecular flexibility index (Phi) is 7.48. The lowest BCUT2D eigenvalue weighted by Gasteiger charge is -2.05. The fraction of sp³-hybridized carbons (Fsp3) is 0.250. The molecular weight excluding hydrogens is 364 g/mol. The number of nitrogens with zero attached hydrogens (tertiary/aromatic N) is 3. The van der Waals surface area contributed by atoms with Crippen molar-refractivity contribution in [2.24, 2.45) is 5.11 Å². The van der Waals surface area contributed by atoms with Crippen molar-refractivity contribution in [1.29, 1.82) is 0 Å². The normalized spacial score (nSPS) is 12.5. The van der Waals surface area contributed by atoms with Gasteiger partial charge < -0.3 is 5.11 Å². The van der Waals surface area contributed by atoms with Gasteiger partial charge in [0, 0.05) is 4.91 Å². The fourth-order valence-corrected chi connectivity index (χ4v) is 1.78. The van der Waals surface area contributed by atoms with Crippen molar-refractivity contribution in [3.63, 3.8) is 0 Å². The zero-order valence-electron chi connectivity index (χ0n) is 13.5. The average molecular weight is 377 g/mol. The summed E-state index contributed by atoms with van der Waals surface area (Å²) < 4.78 is 75.2. The largest absolute Gasteiger partial charge is 0.389 e. The summed E-state index contributed by atoms with van der Waals surface area (Å²) >= 11 is 0. The van der Waals surface area contributed by atoms with E-state index < -0.39 is 47.0 Å². The summed E-state index contributed by atoms with van der Waals surface area (Å²) in [5.74, 6) is -8.20. The molecule has 4 nitrogen and oxygen atoms in total. The SMILES string of the molecule is C[C@@H](O)c1cc(F)c(F)c(F)c1.C[C@H](N=[N+]=[N-])c1cc(F)c(F)c(F)c1. The van der Waals surface area contributed by atoms with Gasteiger partial charge in [-0.1, -0.05) is 12.0 Å². The molecule has 0 aliphatic rings. The number of hydrogen-bond acceptors (Lipinski definition) is 2. The maximum Gasteiger partial charge on any atom is 0.194 e. The van der Waals surface area contributed by atoms with Crippen LogP contribution in [0.4, 0.5) is 26.3 Å². The lowest BCUT2D eigenvalue weighted by atomic mass is 10.1. The van der Waals surface area contributed by atoms with Crippen molar-refractivity contribution in [1.82, 2.24) is 0 Å². The molecule has 0 amide bonds. The van der Waals surface area contributed by atoms with E-state index in [1.54, 1.807) is 0 Å². The van der Waals surface area contributed by atoms with E-state index in [4.69, 9.17) is 10.6 Å². The lowest BCUT2D eigenvalue weighted by Crippen LogP contribution is -1.97. The van der Waals surface area contributed by atoms with E-state index in [9.17, 15) is 26.3 Å². The van der Waals surface area contributed by atoms with E-state index in [0.29, 0.717) is 0 Å². The first-order valence-corrected chi connectivity index (χ1v) is 7.09. The Balaban J connectivity index is 0.000000263. The summed E-state index contributed by atoms with van der Waals surface area (Å²) in [5, 5.41) is 12.1. The number of hydrogen-bond donors (Lipinski definition) is 1. The Hall–Kier alpha value is -2.71. The molecule has 0 bridgehead atoms. The number of azide groups is 1. The molecule has 0 spiro atoms. The molecule has 2 atom stereocenters. The van der Waals surface area contributed by atoms with Crippen LogP contribution >= 0.6 is 0 Å². The van der Waals surface area contributed by atoms with Crippen molar-refractivity contribution < 1.29 is 31.4 Å². The highest BCUT2D eigenvalue weighted by atomic mass is 19.2. The second-order valence-corrected chi connectivity index (χ2v) is 5.15. The second kappa shape index (κ2) is 9.12. The number of aliphatic hydroxyl groups is 1. The van der Waals surface area contributed by atoms with Crippen molar-refractivity contribution in [2.75, 3.05) is 0 Å². The van der Waals surface area contributed by atoms with Crippen LogP contribution in [0.25, 0.3) is 10.4 Å². The molecule has 0 aromatic heterocycles. The van der Waals surface area contributed by atoms with Gasteiger partial charge in [-0.3, -0.25) is 0 Å². The second-order valence-electron chi connectivity index (χ2n) is 5.15. The molecule has 0 saturated carbocycles. The van der Waals surface area contributed by atoms with Crippen molar-refractivity contribution in [2.45, 2.75) is 26.0 Å². The Morgan fingerprint density at radius 2 is 1.15 bits per heavy atom. The number of halogens is 6. The standard InChI is InChI=1S/C8H6F3N3.C8H7F3O/c1-4(13-14-12)5-2-6(9)8(11)7(10)3-5;1-4(12)5-2-6(9)8(11)7(10)3-5/h2-4H,1H3;2-4,12H,1H3/t2*4-/m01/s1. The first kappa shape index (κ1) is 21.3. The third-order valence-corrected chi connectivity index (χ3v) is 3.20. The van der Waals surface area contributed by atoms with Gasteiger partial charge in [-0.05, 0) is 47.8 Å². The molecule has 140 valence electrons. The molecule has 0 unspecified atom stereocenters. The van der Waals surface area contributed by atoms with E-state index in [2.05, 4.69) is 10.0 Å². The highest BCUT2D eigenvalue weighted by Crippen LogP contribution is 2.21. The molecule has 2 rings (SSSR count). The minimum absolute atomic E-state index is 0.0198. The van der Waals surface area contributed by atoms with Gasteiger partial charge in [-0.2, -0.15) is 0 Å². The van der Waals surface area contributed by atoms with Gasteiger partial charge in [0.1, 0.15) is 0 Å². The van der Waals surface area contributed by atoms with E-state index >= 15 is 0 Å². The monoisotopic (exact) mass is 377 g/mol. The van der Waals surface area contributed by atoms with E-state index in [1.165, 1.54) is 13.8 Å². The molecule has 0 aliphatic carbocycles. The fourth-order valence-electron chi connectivity index (χ4n) is 1.78. The number of benzene rings is 2. The van der Waals surface area contributed by atoms with Gasteiger partial charge >= 0.3 is 0 Å². The zero-order valence-corrected chi connectivity index (χ0v) is 13.5. The van der Waals surface area contributed by atoms with Gasteiger partial charge in [0.25, 0.3) is 0 Å². The highest BCUT2D eigenvalue weighted by Gasteiger charge is 2.13. The summed E-state index contributed by atoms with van der Waals surface area (Å²) in [6, 6.07) is 2.41. The third kappa shape index (κ3) is 5.40. The van der Waals surface area contributed by atoms with Crippen LogP contribution in [0.1, 0.15) is 37.1 Å². The smallest absolute Gasteiger partial charge is 0.194 e. The Labute approximate surface area is 144 Å². The lowest BCUT2D eigenvalue weighted by molar-refractivity contribution is 0.197. The third-order valence-electron chi connectivity index (χ3n) is 3.20. The van der Waals surface area contributed by atoms with Gasteiger partial charge in [-0.25, -0.2) is 26.3 Å². The molecule has 0 fully saturated rings. The van der Waals surface area contributed by atoms with Crippen LogP contribution in [-0.4, -0.2) is 5.11 Å². The van der Waals surface area contributed by atoms with E-state index in [-0.39, 0.29) is 11.1 Å². The Morgan fingerprint density at radius 3 is 1.46 bits per heavy atom. The molecule has 0 aliphatic heterocycles. The maximum absolute atomic E-state index is 12.7. The minimum Gasteiger partial charge on any atom is -0.389 e. The van der Waals surface area contributed by atoms with Gasteiger partial charge in [-0.15, -0.1) is 0 Å². The van der Waals surface area contributed by atoms with Crippen LogP contribution in [0, 0.1) is 34.9 Å². The van der Waals surface area contributed by atoms with Crippen LogP contribution in [0.2, 0.25) is 0 Å². The highest BCUT2D eigenvalue weighted by molar-refractivity contribution is 5.22. The Morgan fingerprint density at radius 1 is 0.808 bits per heavy atom. The molecule has 1 N–H and O–H groups in total. The summed E-state index contributed by atoms with van der Waals surface area (Å²) in [6.45, 7) is 2.79. The van der Waals surface area contributed by atoms with Crippen molar-refractivity contribution >= 4 is 0 Å². The van der Waals surface area contributed by atoms with Crippen LogP contribution in [0.3, 0.4) is 0 Å². The predicted molar refractivity (Wildman–Crippen MR) is 80.8 cm³/mol. The molecule has 2 aromatic carbocycles. The zero-order chi connectivity index (χ0) is 20.0. The first-order chi connectivity index (χ1) is 12.1. The topological polar surface area (TPSA) is 69.0 Å². The maximum atomic E-state index is 12.7. The van der Waals surface area contributed by atoms with Gasteiger partial charge in [0.2, 0.25) is 0 Å². The van der Waals surface area contributed by atoms with Crippen LogP contribution < -0.4 is 0 Å². The van der Waals surface area contributed by atoms with Crippen molar-refractivity contribution in [3.05, 3.63) is 80.7 Å². The van der Waals surface area contributed by atoms with E-state index in [1.807, 2.05) is 0 Å². The van der Waals surface area contributed by atoms with Crippen LogP contribution in [-0.2, 0) is 0 Å². The van der Waals surface area contributed by atoms with Crippen LogP contribution in [0.15, 0.2) is 29.4 Å². The molecule has 10 heteroatoms. The summed E-state index contributed by atoms with van der Waals surface area (Å²) in [5.41, 5.74) is 8.20. The van der Waals surface area contributed by atoms with Crippen LogP contribution in [0.5, 0.6) is 0 Å². The first-order valence-electron chi connectivity index (χ1n) is 7.09. The van der Waals surface area contributed by atoms with Gasteiger partial charge in [0.15, 0.2) is 34.9 Å². The average Bonchev–Trinajstić information content (AvgIpc) is 2.57. The molecule has 0 saturated heterocycles. The molecule has 0 heterocycles. The molecule has 0 radical (unpaired) electrons. The molecular formula is C16H13F6N3O.